The number of nitrogens with two attached hydrogens (primary N) is 1. The fourth-order valence-electron chi connectivity index (χ4n) is 3.67. The summed E-state index contributed by atoms with van der Waals surface area (Å²) >= 11 is 5.92. The molecule has 0 aromatic heterocycles. The summed E-state index contributed by atoms with van der Waals surface area (Å²) in [4.78, 5) is 14.0. The number of carbonyl (C=O) groups excluding carboxylic acids is 1. The molecule has 1 aromatic carbocycles. The summed E-state index contributed by atoms with van der Waals surface area (Å²) in [7, 11) is 0. The second-order valence-corrected chi connectivity index (χ2v) is 6.81. The van der Waals surface area contributed by atoms with E-state index >= 15 is 0 Å². The van der Waals surface area contributed by atoms with Gasteiger partial charge in [0.1, 0.15) is 0 Å². The molecule has 0 spiro atoms. The number of benzene rings is 1. The quantitative estimate of drug-likeness (QED) is 0.926. The lowest BCUT2D eigenvalue weighted by Crippen LogP contribution is -2.41. The number of carbonyl (C=O) groups is 1. The molecule has 5 heteroatoms. The van der Waals surface area contributed by atoms with Crippen LogP contribution < -0.4 is 5.73 Å². The Balaban J connectivity index is 1.52. The number of primary amides is 1. The molecule has 0 unspecified atom stereocenters. The van der Waals surface area contributed by atoms with E-state index in [1.807, 2.05) is 12.1 Å². The van der Waals surface area contributed by atoms with E-state index in [0.29, 0.717) is 12.5 Å². The molecule has 1 aromatic rings. The first kappa shape index (κ1) is 15.8. The van der Waals surface area contributed by atoms with Crippen LogP contribution in [0.4, 0.5) is 0 Å². The molecule has 0 bridgehead atoms. The van der Waals surface area contributed by atoms with Crippen molar-refractivity contribution < 1.29 is 9.53 Å². The molecule has 2 N–H and O–H groups in total. The SMILES string of the molecule is NC(=O)[C@H]1CCO[C@@H]1C1CCN(Cc2ccc(Cl)cc2)CC1. The molecule has 1 amide bonds. The first-order chi connectivity index (χ1) is 10.6. The number of likely N-dealkylation sites (tertiary alicyclic amines) is 1. The van der Waals surface area contributed by atoms with Crippen LogP contribution in [0.25, 0.3) is 0 Å². The van der Waals surface area contributed by atoms with Crippen molar-refractivity contribution in [3.05, 3.63) is 34.9 Å². The number of ether oxygens (including phenoxy) is 1. The average molecular weight is 323 g/mol. The van der Waals surface area contributed by atoms with Gasteiger partial charge in [0.05, 0.1) is 12.0 Å². The fourth-order valence-corrected chi connectivity index (χ4v) is 3.79. The number of rotatable bonds is 4. The van der Waals surface area contributed by atoms with E-state index in [9.17, 15) is 4.79 Å². The van der Waals surface area contributed by atoms with E-state index in [1.54, 1.807) is 0 Å². The van der Waals surface area contributed by atoms with Crippen molar-refractivity contribution in [2.75, 3.05) is 19.7 Å². The molecule has 0 radical (unpaired) electrons. The fraction of sp³-hybridized carbons (Fsp3) is 0.588. The molecular weight excluding hydrogens is 300 g/mol. The average Bonchev–Trinajstić information content (AvgIpc) is 3.00. The van der Waals surface area contributed by atoms with Gasteiger partial charge >= 0.3 is 0 Å². The summed E-state index contributed by atoms with van der Waals surface area (Å²) in [6.45, 7) is 3.70. The highest BCUT2D eigenvalue weighted by molar-refractivity contribution is 6.30. The van der Waals surface area contributed by atoms with Crippen molar-refractivity contribution in [1.29, 1.82) is 0 Å². The van der Waals surface area contributed by atoms with Crippen molar-refractivity contribution in [3.8, 4) is 0 Å². The van der Waals surface area contributed by atoms with Gasteiger partial charge in [0.25, 0.3) is 0 Å². The normalized spacial score (nSPS) is 27.1. The van der Waals surface area contributed by atoms with Gasteiger partial charge in [0.2, 0.25) is 5.91 Å². The van der Waals surface area contributed by atoms with Gasteiger partial charge in [-0.1, -0.05) is 23.7 Å². The summed E-state index contributed by atoms with van der Waals surface area (Å²) in [6.07, 6.45) is 2.96. The van der Waals surface area contributed by atoms with Crippen LogP contribution in [0.2, 0.25) is 5.02 Å². The molecule has 2 aliphatic heterocycles. The van der Waals surface area contributed by atoms with Crippen LogP contribution in [-0.2, 0) is 16.1 Å². The minimum atomic E-state index is -0.203. The monoisotopic (exact) mass is 322 g/mol. The third-order valence-corrected chi connectivity index (χ3v) is 5.17. The van der Waals surface area contributed by atoms with Crippen LogP contribution >= 0.6 is 11.6 Å². The molecule has 2 saturated heterocycles. The van der Waals surface area contributed by atoms with Gasteiger partial charge in [-0.2, -0.15) is 0 Å². The number of hydrogen-bond acceptors (Lipinski definition) is 3. The Morgan fingerprint density at radius 1 is 1.23 bits per heavy atom. The Morgan fingerprint density at radius 2 is 1.91 bits per heavy atom. The van der Waals surface area contributed by atoms with Gasteiger partial charge in [0.15, 0.2) is 0 Å². The van der Waals surface area contributed by atoms with Gasteiger partial charge in [-0.25, -0.2) is 0 Å². The molecule has 0 aliphatic carbocycles. The number of amides is 1. The van der Waals surface area contributed by atoms with Crippen molar-refractivity contribution in [3.63, 3.8) is 0 Å². The van der Waals surface area contributed by atoms with Gasteiger partial charge in [-0.15, -0.1) is 0 Å². The molecule has 0 saturated carbocycles. The molecule has 2 atom stereocenters. The molecule has 2 aliphatic rings. The standard InChI is InChI=1S/C17H23ClN2O2/c18-14-3-1-12(2-4-14)11-20-8-5-13(6-9-20)16-15(17(19)21)7-10-22-16/h1-4,13,15-16H,5-11H2,(H2,19,21)/t15-,16+/m0/s1. The summed E-state index contributed by atoms with van der Waals surface area (Å²) in [5, 5.41) is 0.776. The van der Waals surface area contributed by atoms with Crippen LogP contribution in [0.3, 0.4) is 0 Å². The van der Waals surface area contributed by atoms with Crippen LogP contribution in [-0.4, -0.2) is 36.6 Å². The van der Waals surface area contributed by atoms with Gasteiger partial charge in [0, 0.05) is 18.2 Å². The van der Waals surface area contributed by atoms with Crippen LogP contribution in [0.5, 0.6) is 0 Å². The van der Waals surface area contributed by atoms with E-state index in [1.165, 1.54) is 5.56 Å². The highest BCUT2D eigenvalue weighted by atomic mass is 35.5. The Labute approximate surface area is 136 Å². The van der Waals surface area contributed by atoms with Crippen molar-refractivity contribution in [1.82, 2.24) is 4.90 Å². The predicted molar refractivity (Wildman–Crippen MR) is 86.5 cm³/mol. The maximum Gasteiger partial charge on any atom is 0.223 e. The summed E-state index contributed by atoms with van der Waals surface area (Å²) < 4.78 is 5.80. The Bertz CT molecular complexity index is 512. The zero-order chi connectivity index (χ0) is 15.5. The van der Waals surface area contributed by atoms with Crippen molar-refractivity contribution in [2.24, 2.45) is 17.6 Å². The van der Waals surface area contributed by atoms with Crippen LogP contribution in [0, 0.1) is 11.8 Å². The molecule has 2 heterocycles. The minimum absolute atomic E-state index is 0.0372. The summed E-state index contributed by atoms with van der Waals surface area (Å²) in [6, 6.07) is 8.04. The van der Waals surface area contributed by atoms with Gasteiger partial charge in [-0.3, -0.25) is 9.69 Å². The summed E-state index contributed by atoms with van der Waals surface area (Å²) in [5.41, 5.74) is 6.78. The third-order valence-electron chi connectivity index (χ3n) is 4.92. The lowest BCUT2D eigenvalue weighted by molar-refractivity contribution is -0.124. The van der Waals surface area contributed by atoms with E-state index < -0.39 is 0 Å². The van der Waals surface area contributed by atoms with E-state index in [0.717, 1.165) is 43.9 Å². The van der Waals surface area contributed by atoms with Gasteiger partial charge < -0.3 is 10.5 Å². The maximum absolute atomic E-state index is 11.5. The predicted octanol–water partition coefficient (Wildman–Crippen LogP) is 2.44. The second-order valence-electron chi connectivity index (χ2n) is 6.37. The summed E-state index contributed by atoms with van der Waals surface area (Å²) in [5.74, 6) is 0.167. The molecule has 2 fully saturated rings. The van der Waals surface area contributed by atoms with Crippen molar-refractivity contribution >= 4 is 17.5 Å². The van der Waals surface area contributed by atoms with Gasteiger partial charge in [-0.05, 0) is 56.0 Å². The molecule has 22 heavy (non-hydrogen) atoms. The largest absolute Gasteiger partial charge is 0.377 e. The first-order valence-electron chi connectivity index (χ1n) is 8.01. The zero-order valence-corrected chi connectivity index (χ0v) is 13.5. The van der Waals surface area contributed by atoms with Crippen LogP contribution in [0.15, 0.2) is 24.3 Å². The van der Waals surface area contributed by atoms with E-state index in [4.69, 9.17) is 22.1 Å². The van der Waals surface area contributed by atoms with Crippen LogP contribution in [0.1, 0.15) is 24.8 Å². The molecule has 3 rings (SSSR count). The minimum Gasteiger partial charge on any atom is -0.377 e. The lowest BCUT2D eigenvalue weighted by atomic mass is 9.84. The smallest absolute Gasteiger partial charge is 0.223 e. The Hall–Kier alpha value is -1.10. The number of nitrogens with zero attached hydrogens (tertiary/aromatic N) is 1. The topological polar surface area (TPSA) is 55.6 Å². The number of piperidine rings is 1. The van der Waals surface area contributed by atoms with E-state index in [-0.39, 0.29) is 17.9 Å². The molecular formula is C17H23ClN2O2. The number of hydrogen-bond donors (Lipinski definition) is 1. The lowest BCUT2D eigenvalue weighted by Gasteiger charge is -2.35. The second kappa shape index (κ2) is 6.99. The highest BCUT2D eigenvalue weighted by Gasteiger charge is 2.39. The zero-order valence-electron chi connectivity index (χ0n) is 12.7. The highest BCUT2D eigenvalue weighted by Crippen LogP contribution is 2.33. The number of halogens is 1. The molecule has 4 nitrogen and oxygen atoms in total. The van der Waals surface area contributed by atoms with Crippen molar-refractivity contribution in [2.45, 2.75) is 31.9 Å². The maximum atomic E-state index is 11.5. The Kier molecular flexibility index (Phi) is 5.01. The molecule has 120 valence electrons. The van der Waals surface area contributed by atoms with E-state index in [2.05, 4.69) is 17.0 Å². The Morgan fingerprint density at radius 3 is 2.55 bits per heavy atom. The first-order valence-corrected chi connectivity index (χ1v) is 8.39. The third kappa shape index (κ3) is 3.62.